The van der Waals surface area contributed by atoms with Crippen molar-refractivity contribution in [1.29, 1.82) is 0 Å². The van der Waals surface area contributed by atoms with Crippen LogP contribution in [0.25, 0.3) is 0 Å². The van der Waals surface area contributed by atoms with Crippen LogP contribution in [0.5, 0.6) is 0 Å². The van der Waals surface area contributed by atoms with Gasteiger partial charge < -0.3 is 69.6 Å². The largest absolute Gasteiger partial charge is 0.394 e. The van der Waals surface area contributed by atoms with Crippen LogP contribution in [0.15, 0.2) is 0 Å². The second-order valence-corrected chi connectivity index (χ2v) is 21.0. The molecule has 8 aliphatic rings. The Balaban J connectivity index is 1.08. The first-order chi connectivity index (χ1) is 26.2. The van der Waals surface area contributed by atoms with Crippen LogP contribution >= 0.6 is 0 Å². The summed E-state index contributed by atoms with van der Waals surface area (Å²) >= 11 is 0. The first-order valence-electron chi connectivity index (χ1n) is 21.5. The van der Waals surface area contributed by atoms with Crippen molar-refractivity contribution in [1.82, 2.24) is 0 Å². The van der Waals surface area contributed by atoms with Crippen LogP contribution in [0.4, 0.5) is 0 Å². The normalized spacial score (nSPS) is 58.1. The molecule has 3 saturated heterocycles. The topological polar surface area (TPSA) is 228 Å². The average Bonchev–Trinajstić information content (AvgIpc) is 3.59. The summed E-state index contributed by atoms with van der Waals surface area (Å²) in [5.41, 5.74) is -1.08. The maximum Gasteiger partial charge on any atom is 0.186 e. The molecule has 3 heterocycles. The van der Waals surface area contributed by atoms with Crippen molar-refractivity contribution in [3.8, 4) is 0 Å². The van der Waals surface area contributed by atoms with E-state index in [1.807, 2.05) is 0 Å². The van der Waals surface area contributed by atoms with Gasteiger partial charge in [0.15, 0.2) is 12.6 Å². The molecule has 0 aromatic heterocycles. The van der Waals surface area contributed by atoms with Crippen molar-refractivity contribution in [3.05, 3.63) is 0 Å². The van der Waals surface area contributed by atoms with Crippen LogP contribution in [0, 0.1) is 50.7 Å². The Bertz CT molecular complexity index is 1450. The summed E-state index contributed by atoms with van der Waals surface area (Å²) in [6, 6.07) is 0. The lowest BCUT2D eigenvalue weighted by atomic mass is 9.41. The lowest BCUT2D eigenvalue weighted by Crippen LogP contribution is -2.63. The van der Waals surface area contributed by atoms with E-state index in [4.69, 9.17) is 23.7 Å². The molecule has 0 aromatic carbocycles. The summed E-state index contributed by atoms with van der Waals surface area (Å²) in [6.45, 7) is 12.5. The molecule has 0 aromatic rings. The summed E-state index contributed by atoms with van der Waals surface area (Å²) < 4.78 is 31.2. The molecule has 8 rings (SSSR count). The predicted molar refractivity (Wildman–Crippen MR) is 198 cm³/mol. The Morgan fingerprint density at radius 2 is 1.23 bits per heavy atom. The molecule has 22 unspecified atom stereocenters. The van der Waals surface area contributed by atoms with Crippen LogP contribution in [0.2, 0.25) is 0 Å². The van der Waals surface area contributed by atoms with Gasteiger partial charge in [-0.2, -0.15) is 0 Å². The third-order valence-corrected chi connectivity index (χ3v) is 18.1. The maximum atomic E-state index is 12.0. The third kappa shape index (κ3) is 5.93. The summed E-state index contributed by atoms with van der Waals surface area (Å²) in [7, 11) is 0. The number of aliphatic hydroxyl groups is 9. The Morgan fingerprint density at radius 1 is 0.643 bits per heavy atom. The molecule has 22 atom stereocenters. The molecule has 322 valence electrons. The van der Waals surface area contributed by atoms with Crippen molar-refractivity contribution in [2.75, 3.05) is 19.8 Å². The molecule has 14 heteroatoms. The Hall–Kier alpha value is -0.560. The van der Waals surface area contributed by atoms with Crippen LogP contribution in [-0.4, -0.2) is 151 Å². The summed E-state index contributed by atoms with van der Waals surface area (Å²) in [6.07, 6.45) is -6.12. The Labute approximate surface area is 330 Å². The zero-order valence-corrected chi connectivity index (χ0v) is 34.1. The van der Waals surface area contributed by atoms with Crippen molar-refractivity contribution in [2.24, 2.45) is 50.7 Å². The molecule has 2 spiro atoms. The molecule has 0 bridgehead atoms. The van der Waals surface area contributed by atoms with Gasteiger partial charge in [0.05, 0.1) is 43.7 Å². The minimum atomic E-state index is -1.60. The first-order valence-corrected chi connectivity index (χ1v) is 21.5. The van der Waals surface area contributed by atoms with Gasteiger partial charge in [0.2, 0.25) is 0 Å². The fraction of sp³-hybridized carbons (Fsp3) is 1.00. The van der Waals surface area contributed by atoms with Crippen LogP contribution in [0.3, 0.4) is 0 Å². The highest BCUT2D eigenvalue weighted by Crippen LogP contribution is 2.89. The summed E-state index contributed by atoms with van der Waals surface area (Å²) in [5.74, 6) is 0.824. The molecular weight excluding hydrogens is 728 g/mol. The van der Waals surface area contributed by atoms with E-state index in [0.29, 0.717) is 12.3 Å². The second-order valence-electron chi connectivity index (χ2n) is 21.0. The van der Waals surface area contributed by atoms with Gasteiger partial charge in [-0.05, 0) is 123 Å². The summed E-state index contributed by atoms with van der Waals surface area (Å²) in [5, 5.41) is 95.9. The van der Waals surface area contributed by atoms with Crippen LogP contribution in [0.1, 0.15) is 106 Å². The predicted octanol–water partition coefficient (Wildman–Crippen LogP) is 0.972. The van der Waals surface area contributed by atoms with Crippen molar-refractivity contribution < 1.29 is 69.6 Å². The molecule has 8 fully saturated rings. The van der Waals surface area contributed by atoms with Gasteiger partial charge in [-0.15, -0.1) is 0 Å². The molecular formula is C42H70O14. The zero-order valence-electron chi connectivity index (χ0n) is 34.1. The second kappa shape index (κ2) is 14.3. The van der Waals surface area contributed by atoms with Crippen LogP contribution < -0.4 is 0 Å². The van der Waals surface area contributed by atoms with E-state index in [2.05, 4.69) is 41.5 Å². The molecule has 3 aliphatic heterocycles. The van der Waals surface area contributed by atoms with E-state index in [1.165, 1.54) is 0 Å². The van der Waals surface area contributed by atoms with Crippen molar-refractivity contribution in [3.63, 3.8) is 0 Å². The molecule has 56 heavy (non-hydrogen) atoms. The number of hydrogen-bond donors (Lipinski definition) is 9. The number of aliphatic hydroxyl groups excluding tert-OH is 9. The van der Waals surface area contributed by atoms with Gasteiger partial charge in [0, 0.05) is 5.41 Å². The Kier molecular flexibility index (Phi) is 10.7. The molecule has 5 aliphatic carbocycles. The van der Waals surface area contributed by atoms with Crippen LogP contribution in [-0.2, 0) is 23.7 Å². The first kappa shape index (κ1) is 42.1. The number of fused-ring (bicyclic) bond motifs is 2. The van der Waals surface area contributed by atoms with E-state index in [1.54, 1.807) is 0 Å². The van der Waals surface area contributed by atoms with E-state index < -0.39 is 92.2 Å². The van der Waals surface area contributed by atoms with Crippen molar-refractivity contribution in [2.45, 2.75) is 191 Å². The lowest BCUT2D eigenvalue weighted by Gasteiger charge is -2.64. The fourth-order valence-electron chi connectivity index (χ4n) is 15.1. The molecule has 5 saturated carbocycles. The number of ether oxygens (including phenoxy) is 5. The SMILES string of the molecule is CC(C1CCC(C)(C)O1)C1C(O)CC2(C)C3CCC4C(C)(COC5OC(CO)C(O)C(O)C5O)C(OC5OC(CO)C(O)C(O)C5O)CCC45CC35CCC12C. The van der Waals surface area contributed by atoms with Gasteiger partial charge in [-0.25, -0.2) is 0 Å². The minimum Gasteiger partial charge on any atom is -0.394 e. The minimum absolute atomic E-state index is 0.00989. The lowest BCUT2D eigenvalue weighted by molar-refractivity contribution is -0.340. The monoisotopic (exact) mass is 798 g/mol. The molecule has 0 radical (unpaired) electrons. The van der Waals surface area contributed by atoms with E-state index >= 15 is 0 Å². The highest BCUT2D eigenvalue weighted by Gasteiger charge is 2.83. The molecule has 14 nitrogen and oxygen atoms in total. The number of hydrogen-bond acceptors (Lipinski definition) is 14. The smallest absolute Gasteiger partial charge is 0.186 e. The zero-order chi connectivity index (χ0) is 40.5. The Morgan fingerprint density at radius 3 is 1.84 bits per heavy atom. The van der Waals surface area contributed by atoms with E-state index in [0.717, 1.165) is 57.8 Å². The summed E-state index contributed by atoms with van der Waals surface area (Å²) in [4.78, 5) is 0. The van der Waals surface area contributed by atoms with Gasteiger partial charge in [0.25, 0.3) is 0 Å². The maximum absolute atomic E-state index is 12.0. The molecule has 9 N–H and O–H groups in total. The van der Waals surface area contributed by atoms with E-state index in [-0.39, 0.29) is 57.7 Å². The highest BCUT2D eigenvalue weighted by molar-refractivity contribution is 5.31. The van der Waals surface area contributed by atoms with E-state index in [9.17, 15) is 46.0 Å². The van der Waals surface area contributed by atoms with Gasteiger partial charge in [-0.3, -0.25) is 0 Å². The van der Waals surface area contributed by atoms with Gasteiger partial charge >= 0.3 is 0 Å². The third-order valence-electron chi connectivity index (χ3n) is 18.1. The molecule has 0 amide bonds. The average molecular weight is 799 g/mol. The van der Waals surface area contributed by atoms with Gasteiger partial charge in [0.1, 0.15) is 48.8 Å². The van der Waals surface area contributed by atoms with Crippen molar-refractivity contribution >= 4 is 0 Å². The standard InChI is InChI=1S/C42H70O14/c1-20(22-9-11-37(2,3)56-22)28-21(45)15-40(6)26-8-7-25-38(4,19-52-35-33(50)31(48)29(46)23(16-43)53-35)27(55-36-34(51)32(49)30(47)24(17-44)54-36)10-12-41(25)18-42(26,41)14-13-39(28,40)5/h20-36,43-51H,7-19H2,1-6H3. The quantitative estimate of drug-likeness (QED) is 0.148. The fourth-order valence-corrected chi connectivity index (χ4v) is 15.1. The van der Waals surface area contributed by atoms with Gasteiger partial charge in [-0.1, -0.05) is 27.7 Å². The highest BCUT2D eigenvalue weighted by atomic mass is 16.7. The number of rotatable bonds is 9.